The van der Waals surface area contributed by atoms with Gasteiger partial charge in [-0.2, -0.15) is 0 Å². The minimum Gasteiger partial charge on any atom is -0.384 e. The van der Waals surface area contributed by atoms with Crippen molar-refractivity contribution in [2.24, 2.45) is 5.92 Å². The number of fused-ring (bicyclic) bond motifs is 1. The van der Waals surface area contributed by atoms with Gasteiger partial charge >= 0.3 is 0 Å². The second-order valence-corrected chi connectivity index (χ2v) is 5.69. The fourth-order valence-electron chi connectivity index (χ4n) is 3.09. The van der Waals surface area contributed by atoms with E-state index in [2.05, 4.69) is 29.3 Å². The highest BCUT2D eigenvalue weighted by atomic mass is 16.2. The SMILES string of the molecule is CCN(CC1CCC1)C(=O)C1CNc2ccccc21. The third-order valence-electron chi connectivity index (χ3n) is 4.53. The molecule has 1 atom stereocenters. The number of carbonyl (C=O) groups excluding carboxylic acids is 1. The summed E-state index contributed by atoms with van der Waals surface area (Å²) in [4.78, 5) is 14.8. The number of benzene rings is 1. The molecule has 1 N–H and O–H groups in total. The monoisotopic (exact) mass is 258 g/mol. The van der Waals surface area contributed by atoms with Gasteiger partial charge < -0.3 is 10.2 Å². The van der Waals surface area contributed by atoms with Crippen LogP contribution in [0.3, 0.4) is 0 Å². The molecule has 1 aromatic rings. The molecule has 0 spiro atoms. The summed E-state index contributed by atoms with van der Waals surface area (Å²) in [7, 11) is 0. The Kier molecular flexibility index (Phi) is 3.45. The number of hydrogen-bond donors (Lipinski definition) is 1. The Hall–Kier alpha value is -1.51. The number of nitrogens with zero attached hydrogens (tertiary/aromatic N) is 1. The van der Waals surface area contributed by atoms with Crippen LogP contribution in [0, 0.1) is 5.92 Å². The third kappa shape index (κ3) is 2.34. The molecule has 1 amide bonds. The molecule has 0 saturated heterocycles. The van der Waals surface area contributed by atoms with E-state index < -0.39 is 0 Å². The van der Waals surface area contributed by atoms with Crippen LogP contribution < -0.4 is 5.32 Å². The van der Waals surface area contributed by atoms with Gasteiger partial charge in [0.25, 0.3) is 0 Å². The van der Waals surface area contributed by atoms with E-state index in [1.807, 2.05) is 12.1 Å². The number of anilines is 1. The van der Waals surface area contributed by atoms with Crippen LogP contribution in [-0.4, -0.2) is 30.4 Å². The predicted molar refractivity (Wildman–Crippen MR) is 77.3 cm³/mol. The van der Waals surface area contributed by atoms with Crippen LogP contribution in [0.2, 0.25) is 0 Å². The molecule has 1 aliphatic heterocycles. The summed E-state index contributed by atoms with van der Waals surface area (Å²) < 4.78 is 0. The molecular formula is C16H22N2O. The first-order valence-corrected chi connectivity index (χ1v) is 7.41. The number of amides is 1. The maximum absolute atomic E-state index is 12.7. The fourth-order valence-corrected chi connectivity index (χ4v) is 3.09. The van der Waals surface area contributed by atoms with Gasteiger partial charge in [-0.3, -0.25) is 4.79 Å². The molecule has 1 heterocycles. The van der Waals surface area contributed by atoms with Gasteiger partial charge in [0.2, 0.25) is 5.91 Å². The Balaban J connectivity index is 1.72. The predicted octanol–water partition coefficient (Wildman–Crippen LogP) is 2.84. The second kappa shape index (κ2) is 5.24. The van der Waals surface area contributed by atoms with Gasteiger partial charge in [-0.25, -0.2) is 0 Å². The molecule has 1 aliphatic carbocycles. The number of para-hydroxylation sites is 1. The lowest BCUT2D eigenvalue weighted by Crippen LogP contribution is -2.40. The molecule has 19 heavy (non-hydrogen) atoms. The zero-order chi connectivity index (χ0) is 13.2. The molecule has 1 saturated carbocycles. The largest absolute Gasteiger partial charge is 0.384 e. The minimum absolute atomic E-state index is 0.0104. The Bertz CT molecular complexity index is 468. The number of rotatable bonds is 4. The average Bonchev–Trinajstić information content (AvgIpc) is 2.81. The average molecular weight is 258 g/mol. The molecule has 1 fully saturated rings. The zero-order valence-electron chi connectivity index (χ0n) is 11.6. The van der Waals surface area contributed by atoms with Crippen LogP contribution >= 0.6 is 0 Å². The summed E-state index contributed by atoms with van der Waals surface area (Å²) >= 11 is 0. The van der Waals surface area contributed by atoms with Crippen molar-refractivity contribution in [2.45, 2.75) is 32.1 Å². The van der Waals surface area contributed by atoms with E-state index in [4.69, 9.17) is 0 Å². The number of likely N-dealkylation sites (N-methyl/N-ethyl adjacent to an activating group) is 1. The lowest BCUT2D eigenvalue weighted by Gasteiger charge is -2.33. The van der Waals surface area contributed by atoms with Crippen molar-refractivity contribution in [1.82, 2.24) is 4.90 Å². The van der Waals surface area contributed by atoms with E-state index in [0.29, 0.717) is 5.91 Å². The molecule has 0 radical (unpaired) electrons. The van der Waals surface area contributed by atoms with E-state index in [1.165, 1.54) is 24.8 Å². The van der Waals surface area contributed by atoms with Crippen LogP contribution in [0.25, 0.3) is 0 Å². The highest BCUT2D eigenvalue weighted by molar-refractivity contribution is 5.88. The molecule has 3 heteroatoms. The summed E-state index contributed by atoms with van der Waals surface area (Å²) in [6, 6.07) is 8.18. The molecule has 1 aromatic carbocycles. The van der Waals surface area contributed by atoms with Crippen molar-refractivity contribution in [3.8, 4) is 0 Å². The lowest BCUT2D eigenvalue weighted by atomic mass is 9.85. The fraction of sp³-hybridized carbons (Fsp3) is 0.562. The summed E-state index contributed by atoms with van der Waals surface area (Å²) in [6.45, 7) is 4.62. The Labute approximate surface area is 115 Å². The van der Waals surface area contributed by atoms with Gasteiger partial charge in [0, 0.05) is 25.3 Å². The van der Waals surface area contributed by atoms with Crippen molar-refractivity contribution >= 4 is 11.6 Å². The summed E-state index contributed by atoms with van der Waals surface area (Å²) in [5, 5.41) is 3.34. The molecule has 0 bridgehead atoms. The first-order chi connectivity index (χ1) is 9.29. The van der Waals surface area contributed by atoms with E-state index in [9.17, 15) is 4.79 Å². The summed E-state index contributed by atoms with van der Waals surface area (Å²) in [5.41, 5.74) is 2.29. The van der Waals surface area contributed by atoms with Crippen LogP contribution in [0.4, 0.5) is 5.69 Å². The van der Waals surface area contributed by atoms with Gasteiger partial charge in [-0.1, -0.05) is 24.6 Å². The van der Waals surface area contributed by atoms with Gasteiger partial charge in [-0.05, 0) is 37.3 Å². The maximum atomic E-state index is 12.7. The first-order valence-electron chi connectivity index (χ1n) is 7.41. The lowest BCUT2D eigenvalue weighted by molar-refractivity contribution is -0.133. The van der Waals surface area contributed by atoms with Crippen LogP contribution in [0.5, 0.6) is 0 Å². The highest BCUT2D eigenvalue weighted by Crippen LogP contribution is 2.33. The second-order valence-electron chi connectivity index (χ2n) is 5.69. The first kappa shape index (κ1) is 12.5. The van der Waals surface area contributed by atoms with Crippen molar-refractivity contribution in [3.05, 3.63) is 29.8 Å². The zero-order valence-corrected chi connectivity index (χ0v) is 11.6. The van der Waals surface area contributed by atoms with Crippen LogP contribution in [-0.2, 0) is 4.79 Å². The molecule has 2 aliphatic rings. The number of nitrogens with one attached hydrogen (secondary N) is 1. The Morgan fingerprint density at radius 2 is 2.16 bits per heavy atom. The van der Waals surface area contributed by atoms with Gasteiger partial charge in [0.05, 0.1) is 5.92 Å². The molecule has 1 unspecified atom stereocenters. The molecule has 102 valence electrons. The van der Waals surface area contributed by atoms with Crippen LogP contribution in [0.15, 0.2) is 24.3 Å². The molecule has 0 aromatic heterocycles. The standard InChI is InChI=1S/C16H22N2O/c1-2-18(11-12-6-5-7-12)16(19)14-10-17-15-9-4-3-8-13(14)15/h3-4,8-9,12,14,17H,2,5-7,10-11H2,1H3. The smallest absolute Gasteiger partial charge is 0.231 e. The minimum atomic E-state index is 0.0104. The Morgan fingerprint density at radius 3 is 2.84 bits per heavy atom. The summed E-state index contributed by atoms with van der Waals surface area (Å²) in [6.07, 6.45) is 3.93. The molecule has 3 rings (SSSR count). The third-order valence-corrected chi connectivity index (χ3v) is 4.53. The normalized spacial score (nSPS) is 21.4. The van der Waals surface area contributed by atoms with E-state index in [0.717, 1.165) is 31.2 Å². The van der Waals surface area contributed by atoms with Crippen molar-refractivity contribution in [2.75, 3.05) is 25.0 Å². The van der Waals surface area contributed by atoms with Gasteiger partial charge in [0.15, 0.2) is 0 Å². The maximum Gasteiger partial charge on any atom is 0.231 e. The Morgan fingerprint density at radius 1 is 1.37 bits per heavy atom. The molecule has 3 nitrogen and oxygen atoms in total. The van der Waals surface area contributed by atoms with E-state index in [-0.39, 0.29) is 5.92 Å². The van der Waals surface area contributed by atoms with Crippen molar-refractivity contribution < 1.29 is 4.79 Å². The summed E-state index contributed by atoms with van der Waals surface area (Å²) in [5.74, 6) is 1.05. The highest BCUT2D eigenvalue weighted by Gasteiger charge is 2.32. The van der Waals surface area contributed by atoms with E-state index >= 15 is 0 Å². The van der Waals surface area contributed by atoms with Crippen molar-refractivity contribution in [3.63, 3.8) is 0 Å². The van der Waals surface area contributed by atoms with E-state index in [1.54, 1.807) is 0 Å². The quantitative estimate of drug-likeness (QED) is 0.900. The molecular weight excluding hydrogens is 236 g/mol. The van der Waals surface area contributed by atoms with Gasteiger partial charge in [0.1, 0.15) is 0 Å². The topological polar surface area (TPSA) is 32.3 Å². The van der Waals surface area contributed by atoms with Crippen LogP contribution in [0.1, 0.15) is 37.7 Å². The number of carbonyl (C=O) groups is 1. The van der Waals surface area contributed by atoms with Gasteiger partial charge in [-0.15, -0.1) is 0 Å². The van der Waals surface area contributed by atoms with Crippen molar-refractivity contribution in [1.29, 1.82) is 0 Å². The number of hydrogen-bond acceptors (Lipinski definition) is 2.